The topological polar surface area (TPSA) is 63.0 Å². The first-order valence-corrected chi connectivity index (χ1v) is 9.65. The van der Waals surface area contributed by atoms with Crippen molar-refractivity contribution in [2.75, 3.05) is 19.6 Å². The number of hydrogen-bond acceptors (Lipinski definition) is 4. The fourth-order valence-electron chi connectivity index (χ4n) is 4.43. The summed E-state index contributed by atoms with van der Waals surface area (Å²) in [7, 11) is 0. The van der Waals surface area contributed by atoms with Crippen LogP contribution in [0.4, 0.5) is 4.79 Å². The molecule has 2 aliphatic heterocycles. The van der Waals surface area contributed by atoms with Gasteiger partial charge in [0.05, 0.1) is 12.8 Å². The summed E-state index contributed by atoms with van der Waals surface area (Å²) in [5.74, 6) is 0.665. The number of amides is 2. The van der Waals surface area contributed by atoms with E-state index in [4.69, 9.17) is 9.15 Å². The van der Waals surface area contributed by atoms with Crippen LogP contribution in [0.5, 0.6) is 0 Å². The summed E-state index contributed by atoms with van der Waals surface area (Å²) in [5, 5.41) is 0. The predicted molar refractivity (Wildman–Crippen MR) is 96.3 cm³/mol. The molecule has 26 heavy (non-hydrogen) atoms. The Hall–Kier alpha value is -2.24. The molecule has 2 amide bonds. The molecule has 2 saturated heterocycles. The van der Waals surface area contributed by atoms with E-state index in [-0.39, 0.29) is 23.6 Å². The van der Waals surface area contributed by atoms with Gasteiger partial charge in [-0.1, -0.05) is 6.42 Å². The van der Waals surface area contributed by atoms with Crippen LogP contribution in [0.15, 0.2) is 28.9 Å². The molecule has 0 aromatic carbocycles. The van der Waals surface area contributed by atoms with Crippen molar-refractivity contribution >= 4 is 18.1 Å². The second-order valence-corrected chi connectivity index (χ2v) is 7.64. The maximum absolute atomic E-state index is 12.4. The molecule has 3 aliphatic rings. The van der Waals surface area contributed by atoms with E-state index in [1.165, 1.54) is 6.42 Å². The van der Waals surface area contributed by atoms with Crippen molar-refractivity contribution in [3.63, 3.8) is 0 Å². The number of nitrogens with zero attached hydrogens (tertiary/aromatic N) is 2. The number of rotatable bonds is 3. The van der Waals surface area contributed by atoms with Gasteiger partial charge in [-0.05, 0) is 56.7 Å². The molecule has 6 heteroatoms. The van der Waals surface area contributed by atoms with E-state index in [0.717, 1.165) is 45.1 Å². The van der Waals surface area contributed by atoms with Crippen LogP contribution in [0.3, 0.4) is 0 Å². The first kappa shape index (κ1) is 17.2. The largest absolute Gasteiger partial charge is 0.465 e. The van der Waals surface area contributed by atoms with Gasteiger partial charge in [-0.3, -0.25) is 4.79 Å². The summed E-state index contributed by atoms with van der Waals surface area (Å²) >= 11 is 0. The highest BCUT2D eigenvalue weighted by Crippen LogP contribution is 2.38. The average molecular weight is 358 g/mol. The van der Waals surface area contributed by atoms with Gasteiger partial charge in [0.1, 0.15) is 11.4 Å². The van der Waals surface area contributed by atoms with Gasteiger partial charge in [0.2, 0.25) is 5.91 Å². The number of piperidine rings is 1. The highest BCUT2D eigenvalue weighted by atomic mass is 16.6. The van der Waals surface area contributed by atoms with Crippen LogP contribution < -0.4 is 0 Å². The molecule has 0 unspecified atom stereocenters. The first-order valence-electron chi connectivity index (χ1n) is 9.65. The van der Waals surface area contributed by atoms with Gasteiger partial charge < -0.3 is 19.0 Å². The lowest BCUT2D eigenvalue weighted by Crippen LogP contribution is -2.47. The second kappa shape index (κ2) is 7.17. The molecule has 3 fully saturated rings. The molecule has 1 aromatic heterocycles. The maximum Gasteiger partial charge on any atom is 0.410 e. The number of carbonyl (C=O) groups is 2. The number of furan rings is 1. The van der Waals surface area contributed by atoms with Gasteiger partial charge in [-0.2, -0.15) is 0 Å². The fourth-order valence-corrected chi connectivity index (χ4v) is 4.43. The van der Waals surface area contributed by atoms with Gasteiger partial charge in [0.15, 0.2) is 0 Å². The Kier molecular flexibility index (Phi) is 4.74. The van der Waals surface area contributed by atoms with Crippen molar-refractivity contribution in [3.8, 4) is 0 Å². The molecule has 0 N–H and O–H groups in total. The number of likely N-dealkylation sites (tertiary alicyclic amines) is 1. The van der Waals surface area contributed by atoms with Crippen LogP contribution in [0, 0.1) is 0 Å². The molecule has 1 saturated carbocycles. The minimum Gasteiger partial charge on any atom is -0.465 e. The van der Waals surface area contributed by atoms with Crippen LogP contribution in [0.25, 0.3) is 6.08 Å². The van der Waals surface area contributed by atoms with Gasteiger partial charge in [-0.25, -0.2) is 4.79 Å². The summed E-state index contributed by atoms with van der Waals surface area (Å²) in [6.45, 7) is 2.06. The van der Waals surface area contributed by atoms with E-state index in [9.17, 15) is 9.59 Å². The van der Waals surface area contributed by atoms with Crippen LogP contribution in [0.1, 0.15) is 50.7 Å². The van der Waals surface area contributed by atoms with E-state index in [1.54, 1.807) is 24.5 Å². The summed E-state index contributed by atoms with van der Waals surface area (Å²) in [6.07, 6.45) is 11.8. The zero-order chi connectivity index (χ0) is 18.0. The second-order valence-electron chi connectivity index (χ2n) is 7.64. The summed E-state index contributed by atoms with van der Waals surface area (Å²) in [5.41, 5.74) is -0.242. The Morgan fingerprint density at radius 3 is 2.65 bits per heavy atom. The molecule has 3 heterocycles. The third kappa shape index (κ3) is 3.50. The Morgan fingerprint density at radius 1 is 1.19 bits per heavy atom. The molecular formula is C20H26N2O4. The standard InChI is InChI=1S/C20H26N2O4/c23-18(7-6-17-5-4-14-25-17)21-12-8-16(9-13-21)22-15-20(26-19(22)24)10-2-1-3-11-20/h4-7,14,16H,1-3,8-13,15H2. The van der Waals surface area contributed by atoms with Crippen LogP contribution in [0.2, 0.25) is 0 Å². The van der Waals surface area contributed by atoms with Crippen molar-refractivity contribution in [2.24, 2.45) is 0 Å². The van der Waals surface area contributed by atoms with Crippen LogP contribution in [-0.2, 0) is 9.53 Å². The third-order valence-electron chi connectivity index (χ3n) is 5.91. The third-order valence-corrected chi connectivity index (χ3v) is 5.91. The van der Waals surface area contributed by atoms with Gasteiger partial charge in [0.25, 0.3) is 0 Å². The van der Waals surface area contributed by atoms with Crippen molar-refractivity contribution in [3.05, 3.63) is 30.2 Å². The lowest BCUT2D eigenvalue weighted by molar-refractivity contribution is -0.127. The van der Waals surface area contributed by atoms with Crippen LogP contribution in [-0.4, -0.2) is 53.1 Å². The molecule has 140 valence electrons. The molecule has 1 aromatic rings. The average Bonchev–Trinajstić information content (AvgIpc) is 3.29. The van der Waals surface area contributed by atoms with Crippen molar-refractivity contribution in [2.45, 2.75) is 56.6 Å². The van der Waals surface area contributed by atoms with E-state index in [2.05, 4.69) is 0 Å². The molecule has 4 rings (SSSR count). The van der Waals surface area contributed by atoms with Crippen LogP contribution >= 0.6 is 0 Å². The molecule has 6 nitrogen and oxygen atoms in total. The van der Waals surface area contributed by atoms with E-state index in [0.29, 0.717) is 18.8 Å². The molecule has 0 atom stereocenters. The zero-order valence-corrected chi connectivity index (χ0v) is 15.1. The minimum atomic E-state index is -0.242. The molecule has 1 aliphatic carbocycles. The lowest BCUT2D eigenvalue weighted by atomic mass is 9.84. The molecule has 0 radical (unpaired) electrons. The monoisotopic (exact) mass is 358 g/mol. The summed E-state index contributed by atoms with van der Waals surface area (Å²) in [4.78, 5) is 28.5. The summed E-state index contributed by atoms with van der Waals surface area (Å²) in [6, 6.07) is 3.79. The van der Waals surface area contributed by atoms with Gasteiger partial charge in [0, 0.05) is 25.2 Å². The quantitative estimate of drug-likeness (QED) is 0.777. The Morgan fingerprint density at radius 2 is 1.96 bits per heavy atom. The first-order chi connectivity index (χ1) is 12.7. The minimum absolute atomic E-state index is 0.00685. The SMILES string of the molecule is O=C(C=Cc1ccco1)N1CCC(N2CC3(CCCCC3)OC2=O)CC1. The number of hydrogen-bond donors (Lipinski definition) is 0. The Labute approximate surface area is 153 Å². The van der Waals surface area contributed by atoms with E-state index >= 15 is 0 Å². The maximum atomic E-state index is 12.4. The Balaban J connectivity index is 1.31. The Bertz CT molecular complexity index is 668. The van der Waals surface area contributed by atoms with Crippen molar-refractivity contribution in [1.82, 2.24) is 9.80 Å². The summed E-state index contributed by atoms with van der Waals surface area (Å²) < 4.78 is 11.0. The van der Waals surface area contributed by atoms with E-state index in [1.807, 2.05) is 15.9 Å². The highest BCUT2D eigenvalue weighted by molar-refractivity contribution is 5.91. The number of carbonyl (C=O) groups excluding carboxylic acids is 2. The zero-order valence-electron chi connectivity index (χ0n) is 15.1. The molecule has 1 spiro atoms. The lowest BCUT2D eigenvalue weighted by Gasteiger charge is -2.36. The van der Waals surface area contributed by atoms with E-state index < -0.39 is 0 Å². The fraction of sp³-hybridized carbons (Fsp3) is 0.600. The van der Waals surface area contributed by atoms with Crippen molar-refractivity contribution in [1.29, 1.82) is 0 Å². The predicted octanol–water partition coefficient (Wildman–Crippen LogP) is 3.44. The van der Waals surface area contributed by atoms with Gasteiger partial charge >= 0.3 is 6.09 Å². The molecule has 0 bridgehead atoms. The highest BCUT2D eigenvalue weighted by Gasteiger charge is 2.48. The normalized spacial score (nSPS) is 23.8. The van der Waals surface area contributed by atoms with Crippen molar-refractivity contribution < 1.29 is 18.7 Å². The number of ether oxygens (including phenoxy) is 1. The smallest absolute Gasteiger partial charge is 0.410 e. The van der Waals surface area contributed by atoms with Gasteiger partial charge in [-0.15, -0.1) is 0 Å². The molecular weight excluding hydrogens is 332 g/mol.